The number of hydrazone groups is 1. The number of ether oxygens (including phenoxy) is 3. The van der Waals surface area contributed by atoms with Crippen LogP contribution in [0.5, 0.6) is 17.2 Å². The van der Waals surface area contributed by atoms with Crippen molar-refractivity contribution in [3.05, 3.63) is 77.3 Å². The first kappa shape index (κ1) is 27.8. The first-order chi connectivity index (χ1) is 17.8. The molecule has 0 bridgehead atoms. The summed E-state index contributed by atoms with van der Waals surface area (Å²) >= 11 is 5.94. The number of carbonyl (C=O) groups is 1. The molecule has 0 aromatic heterocycles. The summed E-state index contributed by atoms with van der Waals surface area (Å²) in [4.78, 5) is 12.8. The summed E-state index contributed by atoms with van der Waals surface area (Å²) in [7, 11) is -2.63. The largest absolute Gasteiger partial charge is 0.493 e. The van der Waals surface area contributed by atoms with Crippen LogP contribution in [0.4, 0.5) is 5.69 Å². The normalized spacial score (nSPS) is 11.2. The van der Waals surface area contributed by atoms with Crippen LogP contribution in [0, 0.1) is 0 Å². The van der Waals surface area contributed by atoms with Gasteiger partial charge in [0.05, 0.1) is 37.1 Å². The molecule has 0 radical (unpaired) electrons. The second kappa shape index (κ2) is 13.0. The highest BCUT2D eigenvalue weighted by Crippen LogP contribution is 2.33. The monoisotopic (exact) mass is 545 g/mol. The van der Waals surface area contributed by atoms with Gasteiger partial charge in [0.25, 0.3) is 15.9 Å². The zero-order valence-electron chi connectivity index (χ0n) is 20.7. The first-order valence-electron chi connectivity index (χ1n) is 11.4. The lowest BCUT2D eigenvalue weighted by molar-refractivity contribution is -0.119. The molecule has 1 amide bonds. The van der Waals surface area contributed by atoms with Gasteiger partial charge in [-0.05, 0) is 74.0 Å². The predicted octanol–water partition coefficient (Wildman–Crippen LogP) is 4.49. The highest BCUT2D eigenvalue weighted by molar-refractivity contribution is 7.92. The SMILES string of the molecule is CCOc1ccc(/C=N\NC(=O)CN(c2ccccc2OCC)S(=O)(=O)c2ccc(Cl)cc2)cc1OC. The first-order valence-corrected chi connectivity index (χ1v) is 13.2. The van der Waals surface area contributed by atoms with Gasteiger partial charge in [0.1, 0.15) is 12.3 Å². The highest BCUT2D eigenvalue weighted by Gasteiger charge is 2.29. The van der Waals surface area contributed by atoms with Crippen LogP contribution < -0.4 is 23.9 Å². The molecule has 0 aliphatic rings. The fourth-order valence-electron chi connectivity index (χ4n) is 3.36. The topological polar surface area (TPSA) is 107 Å². The van der Waals surface area contributed by atoms with Gasteiger partial charge < -0.3 is 14.2 Å². The number of anilines is 1. The summed E-state index contributed by atoms with van der Waals surface area (Å²) in [5.41, 5.74) is 3.25. The summed E-state index contributed by atoms with van der Waals surface area (Å²) in [5.74, 6) is 0.769. The van der Waals surface area contributed by atoms with Crippen molar-refractivity contribution in [1.29, 1.82) is 0 Å². The van der Waals surface area contributed by atoms with E-state index in [0.29, 0.717) is 41.0 Å². The van der Waals surface area contributed by atoms with Gasteiger partial charge in [-0.1, -0.05) is 23.7 Å². The quantitative estimate of drug-likeness (QED) is 0.265. The molecule has 0 aliphatic carbocycles. The zero-order chi connectivity index (χ0) is 26.8. The number of amides is 1. The number of para-hydroxylation sites is 2. The lowest BCUT2D eigenvalue weighted by atomic mass is 10.2. The Morgan fingerprint density at radius 3 is 2.32 bits per heavy atom. The van der Waals surface area contributed by atoms with Gasteiger partial charge in [0, 0.05) is 5.02 Å². The van der Waals surface area contributed by atoms with Crippen molar-refractivity contribution in [2.75, 3.05) is 31.2 Å². The fraction of sp³-hybridized carbons (Fsp3) is 0.231. The summed E-state index contributed by atoms with van der Waals surface area (Å²) in [6.07, 6.45) is 1.42. The van der Waals surface area contributed by atoms with Crippen molar-refractivity contribution in [1.82, 2.24) is 5.43 Å². The van der Waals surface area contributed by atoms with Gasteiger partial charge in [-0.15, -0.1) is 0 Å². The molecule has 3 aromatic rings. The Kier molecular flexibility index (Phi) is 9.76. The maximum Gasteiger partial charge on any atom is 0.264 e. The van der Waals surface area contributed by atoms with E-state index in [1.165, 1.54) is 37.6 Å². The molecule has 3 aromatic carbocycles. The van der Waals surface area contributed by atoms with E-state index in [-0.39, 0.29) is 10.6 Å². The van der Waals surface area contributed by atoms with Crippen LogP contribution in [-0.2, 0) is 14.8 Å². The van der Waals surface area contributed by atoms with Crippen LogP contribution in [0.25, 0.3) is 0 Å². The van der Waals surface area contributed by atoms with Crippen molar-refractivity contribution in [3.63, 3.8) is 0 Å². The third-order valence-electron chi connectivity index (χ3n) is 5.01. The average molecular weight is 546 g/mol. The van der Waals surface area contributed by atoms with E-state index in [1.54, 1.807) is 49.4 Å². The number of carbonyl (C=O) groups excluding carboxylic acids is 1. The van der Waals surface area contributed by atoms with Gasteiger partial charge in [-0.2, -0.15) is 5.10 Å². The van der Waals surface area contributed by atoms with E-state index in [0.717, 1.165) is 4.31 Å². The molecule has 1 N–H and O–H groups in total. The lowest BCUT2D eigenvalue weighted by Crippen LogP contribution is -2.39. The van der Waals surface area contributed by atoms with Crippen molar-refractivity contribution < 1.29 is 27.4 Å². The molecule has 0 atom stereocenters. The Balaban J connectivity index is 1.86. The zero-order valence-corrected chi connectivity index (χ0v) is 22.3. The molecule has 0 aliphatic heterocycles. The van der Waals surface area contributed by atoms with E-state index < -0.39 is 22.5 Å². The molecule has 0 unspecified atom stereocenters. The Morgan fingerprint density at radius 1 is 0.973 bits per heavy atom. The third kappa shape index (κ3) is 7.14. The number of hydrogen-bond acceptors (Lipinski definition) is 7. The Bertz CT molecular complexity index is 1350. The van der Waals surface area contributed by atoms with Crippen LogP contribution >= 0.6 is 11.6 Å². The van der Waals surface area contributed by atoms with E-state index in [2.05, 4.69) is 10.5 Å². The minimum absolute atomic E-state index is 0.0269. The molecular weight excluding hydrogens is 518 g/mol. The molecule has 0 saturated carbocycles. The fourth-order valence-corrected chi connectivity index (χ4v) is 4.92. The number of nitrogens with zero attached hydrogens (tertiary/aromatic N) is 2. The second-order valence-corrected chi connectivity index (χ2v) is 9.80. The molecular formula is C26H28ClN3O6S. The van der Waals surface area contributed by atoms with Crippen LogP contribution in [0.3, 0.4) is 0 Å². The number of hydrogen-bond donors (Lipinski definition) is 1. The van der Waals surface area contributed by atoms with Gasteiger partial charge in [0.2, 0.25) is 0 Å². The molecule has 3 rings (SSSR count). The van der Waals surface area contributed by atoms with E-state index in [4.69, 9.17) is 25.8 Å². The maximum atomic E-state index is 13.6. The van der Waals surface area contributed by atoms with Crippen LogP contribution in [-0.4, -0.2) is 47.4 Å². The van der Waals surface area contributed by atoms with Gasteiger partial charge in [-0.3, -0.25) is 9.10 Å². The number of sulfonamides is 1. The number of halogens is 1. The number of methoxy groups -OCH3 is 1. The second-order valence-electron chi connectivity index (χ2n) is 7.50. The van der Waals surface area contributed by atoms with Crippen molar-refractivity contribution in [2.45, 2.75) is 18.7 Å². The summed E-state index contributed by atoms with van der Waals surface area (Å²) in [6, 6.07) is 17.5. The standard InChI is InChI=1S/C26H28ClN3O6S/c1-4-35-23-9-7-6-8-22(23)30(37(32,33)21-13-11-20(27)12-14-21)18-26(31)29-28-17-19-10-15-24(36-5-2)25(16-19)34-3/h6-17H,4-5,18H2,1-3H3,(H,29,31)/b28-17-. The van der Waals surface area contributed by atoms with Gasteiger partial charge in [-0.25, -0.2) is 13.8 Å². The summed E-state index contributed by atoms with van der Waals surface area (Å²) in [5, 5.41) is 4.36. The average Bonchev–Trinajstić information content (AvgIpc) is 2.89. The molecule has 11 heteroatoms. The van der Waals surface area contributed by atoms with Crippen molar-refractivity contribution in [2.24, 2.45) is 5.10 Å². The Hall–Kier alpha value is -3.76. The molecule has 0 spiro atoms. The molecule has 0 heterocycles. The van der Waals surface area contributed by atoms with Crippen molar-refractivity contribution in [3.8, 4) is 17.2 Å². The van der Waals surface area contributed by atoms with Crippen LogP contribution in [0.15, 0.2) is 76.7 Å². The van der Waals surface area contributed by atoms with Crippen molar-refractivity contribution >= 4 is 39.4 Å². The van der Waals surface area contributed by atoms with E-state index in [9.17, 15) is 13.2 Å². The number of benzene rings is 3. The third-order valence-corrected chi connectivity index (χ3v) is 7.04. The Morgan fingerprint density at radius 2 is 1.65 bits per heavy atom. The minimum atomic E-state index is -4.15. The van der Waals surface area contributed by atoms with Gasteiger partial charge >= 0.3 is 0 Å². The number of nitrogens with one attached hydrogen (secondary N) is 1. The highest BCUT2D eigenvalue weighted by atomic mass is 35.5. The summed E-state index contributed by atoms with van der Waals surface area (Å²) in [6.45, 7) is 3.91. The Labute approximate surface area is 221 Å². The van der Waals surface area contributed by atoms with Crippen LogP contribution in [0.2, 0.25) is 5.02 Å². The molecule has 9 nitrogen and oxygen atoms in total. The maximum absolute atomic E-state index is 13.6. The van der Waals surface area contributed by atoms with Gasteiger partial charge in [0.15, 0.2) is 11.5 Å². The molecule has 0 saturated heterocycles. The molecule has 0 fully saturated rings. The molecule has 196 valence electrons. The van der Waals surface area contributed by atoms with E-state index >= 15 is 0 Å². The lowest BCUT2D eigenvalue weighted by Gasteiger charge is -2.25. The molecule has 37 heavy (non-hydrogen) atoms. The van der Waals surface area contributed by atoms with E-state index in [1.807, 2.05) is 6.92 Å². The predicted molar refractivity (Wildman–Crippen MR) is 143 cm³/mol. The smallest absolute Gasteiger partial charge is 0.264 e. The van der Waals surface area contributed by atoms with Crippen LogP contribution in [0.1, 0.15) is 19.4 Å². The minimum Gasteiger partial charge on any atom is -0.493 e. The number of rotatable bonds is 12. The summed E-state index contributed by atoms with van der Waals surface area (Å²) < 4.78 is 44.6.